The number of aromatic nitrogens is 1. The van der Waals surface area contributed by atoms with E-state index in [-0.39, 0.29) is 23.8 Å². The second-order valence-electron chi connectivity index (χ2n) is 7.19. The van der Waals surface area contributed by atoms with E-state index in [1.165, 1.54) is 19.2 Å². The lowest BCUT2D eigenvalue weighted by Gasteiger charge is -2.19. The van der Waals surface area contributed by atoms with Gasteiger partial charge >= 0.3 is 0 Å². The van der Waals surface area contributed by atoms with Gasteiger partial charge in [0, 0.05) is 23.6 Å². The lowest BCUT2D eigenvalue weighted by Crippen LogP contribution is -2.39. The average molecular weight is 443 g/mol. The highest BCUT2D eigenvalue weighted by Gasteiger charge is 2.24. The summed E-state index contributed by atoms with van der Waals surface area (Å²) in [5, 5.41) is 11.0. The Morgan fingerprint density at radius 1 is 1.34 bits per heavy atom. The first-order chi connectivity index (χ1) is 15.3. The van der Waals surface area contributed by atoms with E-state index in [1.807, 2.05) is 6.92 Å². The summed E-state index contributed by atoms with van der Waals surface area (Å²) in [5.74, 6) is -1.00. The SMILES string of the molecule is C=C(N=NC(=C)[C@@H](COCCC)NC(=O)c1cc2c3c(c(N)nc2cc1F)COC3)OC. The number of pyridine rings is 1. The molecule has 10 heteroatoms. The number of nitrogens with zero attached hydrogens (tertiary/aromatic N) is 3. The van der Waals surface area contributed by atoms with Gasteiger partial charge < -0.3 is 25.3 Å². The minimum atomic E-state index is -0.740. The molecule has 0 saturated heterocycles. The van der Waals surface area contributed by atoms with Gasteiger partial charge in [-0.25, -0.2) is 9.37 Å². The zero-order valence-corrected chi connectivity index (χ0v) is 18.1. The van der Waals surface area contributed by atoms with E-state index < -0.39 is 17.8 Å². The maximum Gasteiger partial charge on any atom is 0.254 e. The molecule has 9 nitrogen and oxygen atoms in total. The van der Waals surface area contributed by atoms with Gasteiger partial charge in [0.05, 0.1) is 49.7 Å². The van der Waals surface area contributed by atoms with Gasteiger partial charge in [-0.15, -0.1) is 5.11 Å². The van der Waals surface area contributed by atoms with Crippen LogP contribution in [0.25, 0.3) is 10.9 Å². The van der Waals surface area contributed by atoms with Crippen LogP contribution in [0.15, 0.2) is 47.1 Å². The minimum Gasteiger partial charge on any atom is -0.480 e. The summed E-state index contributed by atoms with van der Waals surface area (Å²) in [6.07, 6.45) is 0.789. The van der Waals surface area contributed by atoms with Crippen molar-refractivity contribution >= 4 is 22.6 Å². The predicted molar refractivity (Wildman–Crippen MR) is 117 cm³/mol. The first-order valence-corrected chi connectivity index (χ1v) is 10.1. The Labute approximate surface area is 185 Å². The molecule has 1 amide bonds. The molecule has 0 saturated carbocycles. The van der Waals surface area contributed by atoms with Crippen LogP contribution >= 0.6 is 0 Å². The average Bonchev–Trinajstić information content (AvgIpc) is 3.27. The first-order valence-electron chi connectivity index (χ1n) is 10.1. The van der Waals surface area contributed by atoms with Crippen molar-refractivity contribution < 1.29 is 23.4 Å². The van der Waals surface area contributed by atoms with E-state index in [1.54, 1.807) is 0 Å². The summed E-state index contributed by atoms with van der Waals surface area (Å²) in [4.78, 5) is 17.2. The first kappa shape index (κ1) is 23.3. The number of hydrogen-bond donors (Lipinski definition) is 2. The number of halogens is 1. The molecule has 32 heavy (non-hydrogen) atoms. The maximum absolute atomic E-state index is 14.8. The molecule has 0 spiro atoms. The highest BCUT2D eigenvalue weighted by atomic mass is 19.1. The molecular formula is C22H26FN5O4. The second kappa shape index (κ2) is 10.3. The van der Waals surface area contributed by atoms with Crippen LogP contribution in [0.3, 0.4) is 0 Å². The monoisotopic (exact) mass is 443 g/mol. The Morgan fingerprint density at radius 2 is 2.09 bits per heavy atom. The Morgan fingerprint density at radius 3 is 2.81 bits per heavy atom. The number of fused-ring (bicyclic) bond motifs is 3. The topological polar surface area (TPSA) is 120 Å². The molecule has 1 aromatic heterocycles. The molecule has 0 fully saturated rings. The lowest BCUT2D eigenvalue weighted by molar-refractivity contribution is 0.0862. The number of methoxy groups -OCH3 is 1. The number of azo groups is 1. The zero-order valence-electron chi connectivity index (χ0n) is 18.1. The van der Waals surface area contributed by atoms with Crippen molar-refractivity contribution in [2.75, 3.05) is 26.1 Å². The largest absolute Gasteiger partial charge is 0.480 e. The molecule has 2 heterocycles. The van der Waals surface area contributed by atoms with Gasteiger partial charge in [0.15, 0.2) is 0 Å². The van der Waals surface area contributed by atoms with Gasteiger partial charge in [-0.2, -0.15) is 5.11 Å². The van der Waals surface area contributed by atoms with Crippen LogP contribution in [-0.2, 0) is 27.4 Å². The van der Waals surface area contributed by atoms with Crippen LogP contribution < -0.4 is 11.1 Å². The van der Waals surface area contributed by atoms with Gasteiger partial charge in [0.25, 0.3) is 5.91 Å². The Balaban J connectivity index is 1.88. The Kier molecular flexibility index (Phi) is 7.49. The third-order valence-electron chi connectivity index (χ3n) is 4.93. The quantitative estimate of drug-likeness (QED) is 0.329. The van der Waals surface area contributed by atoms with Crippen molar-refractivity contribution in [1.82, 2.24) is 10.3 Å². The standard InChI is InChI=1S/C22H26FN5O4/c1-5-6-31-11-20(12(2)27-28-13(3)30-4)26-22(29)15-7-14-16-9-32-10-17(16)21(24)25-19(14)8-18(15)23/h7-8,20H,2-3,5-6,9-11H2,1,4H3,(H2,24,25)(H,26,29)/t20-/m1/s1. The second-order valence-corrected chi connectivity index (χ2v) is 7.19. The molecule has 0 unspecified atom stereocenters. The summed E-state index contributed by atoms with van der Waals surface area (Å²) in [6, 6.07) is 1.91. The predicted octanol–water partition coefficient (Wildman–Crippen LogP) is 3.59. The molecule has 1 atom stereocenters. The van der Waals surface area contributed by atoms with Crippen molar-refractivity contribution in [3.05, 3.63) is 59.4 Å². The number of carbonyl (C=O) groups is 1. The van der Waals surface area contributed by atoms with E-state index in [0.717, 1.165) is 17.5 Å². The molecule has 0 bridgehead atoms. The molecular weight excluding hydrogens is 417 g/mol. The van der Waals surface area contributed by atoms with Crippen LogP contribution in [0.5, 0.6) is 0 Å². The van der Waals surface area contributed by atoms with Crippen LogP contribution in [0.2, 0.25) is 0 Å². The maximum atomic E-state index is 14.8. The molecule has 3 rings (SSSR count). The van der Waals surface area contributed by atoms with Crippen LogP contribution in [0.1, 0.15) is 34.8 Å². The fraction of sp³-hybridized carbons (Fsp3) is 0.364. The molecule has 2 aromatic rings. The molecule has 0 radical (unpaired) electrons. The lowest BCUT2D eigenvalue weighted by atomic mass is 10.0. The fourth-order valence-electron chi connectivity index (χ4n) is 3.20. The number of hydrogen-bond acceptors (Lipinski definition) is 8. The molecule has 3 N–H and O–H groups in total. The number of ether oxygens (including phenoxy) is 3. The van der Waals surface area contributed by atoms with Gasteiger partial charge in [0.2, 0.25) is 5.88 Å². The smallest absolute Gasteiger partial charge is 0.254 e. The third kappa shape index (κ3) is 5.09. The normalized spacial score (nSPS) is 13.8. The van der Waals surface area contributed by atoms with Crippen LogP contribution in [0.4, 0.5) is 10.2 Å². The van der Waals surface area contributed by atoms with Crippen molar-refractivity contribution in [3.8, 4) is 0 Å². The number of nitrogens with two attached hydrogens (primary N) is 1. The van der Waals surface area contributed by atoms with Crippen LogP contribution in [-0.4, -0.2) is 37.3 Å². The van der Waals surface area contributed by atoms with E-state index in [2.05, 4.69) is 33.7 Å². The number of nitrogens with one attached hydrogen (secondary N) is 1. The van der Waals surface area contributed by atoms with E-state index in [9.17, 15) is 9.18 Å². The third-order valence-corrected chi connectivity index (χ3v) is 4.93. The van der Waals surface area contributed by atoms with Gasteiger partial charge in [-0.1, -0.05) is 13.5 Å². The Bertz CT molecular complexity index is 1090. The number of rotatable bonds is 10. The van der Waals surface area contributed by atoms with Gasteiger partial charge in [-0.05, 0) is 24.6 Å². The van der Waals surface area contributed by atoms with E-state index in [0.29, 0.717) is 36.5 Å². The summed E-state index contributed by atoms with van der Waals surface area (Å²) in [5.41, 5.74) is 7.93. The minimum absolute atomic E-state index is 0.0779. The number of nitrogen functional groups attached to an aromatic ring is 1. The summed E-state index contributed by atoms with van der Waals surface area (Å²) >= 11 is 0. The van der Waals surface area contributed by atoms with Crippen LogP contribution in [0, 0.1) is 5.82 Å². The van der Waals surface area contributed by atoms with Crippen molar-refractivity contribution in [2.45, 2.75) is 32.6 Å². The fourth-order valence-corrected chi connectivity index (χ4v) is 3.20. The van der Waals surface area contributed by atoms with Crippen molar-refractivity contribution in [1.29, 1.82) is 0 Å². The molecule has 170 valence electrons. The molecule has 1 aliphatic heterocycles. The van der Waals surface area contributed by atoms with E-state index in [4.69, 9.17) is 19.9 Å². The highest BCUT2D eigenvalue weighted by molar-refractivity contribution is 5.99. The summed E-state index contributed by atoms with van der Waals surface area (Å²) < 4.78 is 30.7. The van der Waals surface area contributed by atoms with Crippen molar-refractivity contribution in [3.63, 3.8) is 0 Å². The highest BCUT2D eigenvalue weighted by Crippen LogP contribution is 2.32. The number of carbonyl (C=O) groups excluding carboxylic acids is 1. The number of anilines is 1. The van der Waals surface area contributed by atoms with E-state index >= 15 is 0 Å². The number of amides is 1. The molecule has 1 aromatic carbocycles. The zero-order chi connectivity index (χ0) is 23.3. The number of benzene rings is 1. The molecule has 1 aliphatic rings. The summed E-state index contributed by atoms with van der Waals surface area (Å²) in [6.45, 7) is 10.6. The van der Waals surface area contributed by atoms with Gasteiger partial charge in [-0.3, -0.25) is 4.79 Å². The molecule has 0 aliphatic carbocycles. The van der Waals surface area contributed by atoms with Gasteiger partial charge in [0.1, 0.15) is 11.6 Å². The van der Waals surface area contributed by atoms with Crippen molar-refractivity contribution in [2.24, 2.45) is 10.2 Å². The summed E-state index contributed by atoms with van der Waals surface area (Å²) in [7, 11) is 1.40. The Hall–Kier alpha value is -3.37.